The van der Waals surface area contributed by atoms with Crippen molar-refractivity contribution in [3.05, 3.63) is 18.0 Å². The topological polar surface area (TPSA) is 84.6 Å². The van der Waals surface area contributed by atoms with Gasteiger partial charge >= 0.3 is 5.97 Å². The van der Waals surface area contributed by atoms with E-state index in [1.165, 1.54) is 13.4 Å². The maximum atomic E-state index is 11.2. The van der Waals surface area contributed by atoms with Gasteiger partial charge < -0.3 is 19.7 Å². The summed E-state index contributed by atoms with van der Waals surface area (Å²) >= 11 is 0. The molecule has 0 amide bonds. The first kappa shape index (κ1) is 12.7. The largest absolute Gasteiger partial charge is 0.467 e. The molecule has 0 radical (unpaired) electrons. The van der Waals surface area contributed by atoms with Crippen LogP contribution in [0.2, 0.25) is 0 Å². The number of aromatic nitrogens is 1. The summed E-state index contributed by atoms with van der Waals surface area (Å²) in [6, 6.07) is 1.70. The van der Waals surface area contributed by atoms with Gasteiger partial charge in [0.15, 0.2) is 6.10 Å². The Morgan fingerprint density at radius 2 is 2.44 bits per heavy atom. The first-order valence-electron chi connectivity index (χ1n) is 4.87. The van der Waals surface area contributed by atoms with Crippen molar-refractivity contribution < 1.29 is 19.2 Å². The van der Waals surface area contributed by atoms with Crippen molar-refractivity contribution in [1.82, 2.24) is 10.5 Å². The third-order valence-electron chi connectivity index (χ3n) is 2.32. The first-order valence-corrected chi connectivity index (χ1v) is 4.87. The van der Waals surface area contributed by atoms with Crippen LogP contribution in [0.15, 0.2) is 16.9 Å². The molecule has 0 aliphatic carbocycles. The molecule has 0 aliphatic rings. The number of hydrogen-bond acceptors (Lipinski definition) is 6. The van der Waals surface area contributed by atoms with E-state index in [1.54, 1.807) is 19.9 Å². The fourth-order valence-electron chi connectivity index (χ4n) is 1.15. The van der Waals surface area contributed by atoms with E-state index in [-0.39, 0.29) is 0 Å². The third kappa shape index (κ3) is 3.04. The molecule has 6 nitrogen and oxygen atoms in total. The summed E-state index contributed by atoms with van der Waals surface area (Å²) in [5, 5.41) is 16.4. The Bertz CT molecular complexity index is 335. The molecule has 90 valence electrons. The van der Waals surface area contributed by atoms with Gasteiger partial charge in [-0.15, -0.1) is 0 Å². The van der Waals surface area contributed by atoms with Crippen LogP contribution in [0.25, 0.3) is 0 Å². The molecule has 0 aliphatic heterocycles. The smallest absolute Gasteiger partial charge is 0.336 e. The number of nitrogens with one attached hydrogen (secondary N) is 1. The number of hydrogen-bond donors (Lipinski definition) is 2. The number of esters is 1. The fraction of sp³-hybridized carbons (Fsp3) is 0.600. The van der Waals surface area contributed by atoms with Crippen molar-refractivity contribution >= 4 is 5.97 Å². The van der Waals surface area contributed by atoms with Crippen molar-refractivity contribution in [1.29, 1.82) is 0 Å². The van der Waals surface area contributed by atoms with Crippen LogP contribution in [0.5, 0.6) is 0 Å². The standard InChI is InChI=1S/C10H16N2O4/c1-10(2,8(13)9(14)15-3)11-6-7-4-5-16-12-7/h4-5,8,11,13H,6H2,1-3H3. The van der Waals surface area contributed by atoms with Gasteiger partial charge in [-0.25, -0.2) is 4.79 Å². The highest BCUT2D eigenvalue weighted by Gasteiger charge is 2.33. The molecule has 2 N–H and O–H groups in total. The molecule has 1 aromatic rings. The van der Waals surface area contributed by atoms with Crippen molar-refractivity contribution in [2.45, 2.75) is 32.0 Å². The predicted molar refractivity (Wildman–Crippen MR) is 55.4 cm³/mol. The van der Waals surface area contributed by atoms with Gasteiger partial charge in [-0.05, 0) is 13.8 Å². The molecular formula is C10H16N2O4. The van der Waals surface area contributed by atoms with Gasteiger partial charge in [0.25, 0.3) is 0 Å². The van der Waals surface area contributed by atoms with E-state index in [0.29, 0.717) is 12.2 Å². The van der Waals surface area contributed by atoms with E-state index in [2.05, 4.69) is 19.7 Å². The number of ether oxygens (including phenoxy) is 1. The Labute approximate surface area is 93.6 Å². The second-order valence-corrected chi connectivity index (χ2v) is 3.99. The lowest BCUT2D eigenvalue weighted by molar-refractivity contribution is -0.154. The molecule has 0 aromatic carbocycles. The lowest BCUT2D eigenvalue weighted by atomic mass is 9.97. The van der Waals surface area contributed by atoms with Crippen molar-refractivity contribution in [3.63, 3.8) is 0 Å². The molecule has 1 aromatic heterocycles. The quantitative estimate of drug-likeness (QED) is 0.694. The molecule has 0 saturated heterocycles. The number of carbonyl (C=O) groups excluding carboxylic acids is 1. The van der Waals surface area contributed by atoms with Crippen LogP contribution in [-0.4, -0.2) is 35.0 Å². The minimum absolute atomic E-state index is 0.400. The van der Waals surface area contributed by atoms with E-state index in [1.807, 2.05) is 0 Å². The normalized spacial score (nSPS) is 13.5. The summed E-state index contributed by atoms with van der Waals surface area (Å²) in [6.45, 7) is 3.81. The molecule has 0 fully saturated rings. The average Bonchev–Trinajstić information content (AvgIpc) is 2.77. The summed E-state index contributed by atoms with van der Waals surface area (Å²) in [5.41, 5.74) is -0.100. The zero-order valence-electron chi connectivity index (χ0n) is 9.56. The number of rotatable bonds is 5. The second-order valence-electron chi connectivity index (χ2n) is 3.99. The molecular weight excluding hydrogens is 212 g/mol. The highest BCUT2D eigenvalue weighted by Crippen LogP contribution is 2.11. The summed E-state index contributed by atoms with van der Waals surface area (Å²) in [4.78, 5) is 11.2. The summed E-state index contributed by atoms with van der Waals surface area (Å²) in [5.74, 6) is -0.669. The van der Waals surface area contributed by atoms with Gasteiger partial charge in [-0.2, -0.15) is 0 Å². The van der Waals surface area contributed by atoms with Crippen LogP contribution in [-0.2, 0) is 16.1 Å². The van der Waals surface area contributed by atoms with Crippen molar-refractivity contribution in [3.8, 4) is 0 Å². The molecule has 1 unspecified atom stereocenters. The van der Waals surface area contributed by atoms with Crippen molar-refractivity contribution in [2.24, 2.45) is 0 Å². The molecule has 0 saturated carbocycles. The Balaban J connectivity index is 2.54. The van der Waals surface area contributed by atoms with Crippen LogP contribution >= 0.6 is 0 Å². The Kier molecular flexibility index (Phi) is 4.03. The lowest BCUT2D eigenvalue weighted by Crippen LogP contribution is -2.53. The maximum Gasteiger partial charge on any atom is 0.336 e. The number of nitrogens with zero attached hydrogens (tertiary/aromatic N) is 1. The Morgan fingerprint density at radius 1 is 1.75 bits per heavy atom. The molecule has 1 rings (SSSR count). The third-order valence-corrected chi connectivity index (χ3v) is 2.32. The highest BCUT2D eigenvalue weighted by molar-refractivity contribution is 5.75. The monoisotopic (exact) mass is 228 g/mol. The predicted octanol–water partition coefficient (Wildman–Crippen LogP) is 0.0767. The van der Waals surface area contributed by atoms with Gasteiger partial charge in [0.2, 0.25) is 0 Å². The molecule has 6 heteroatoms. The number of carbonyl (C=O) groups is 1. The molecule has 16 heavy (non-hydrogen) atoms. The number of aliphatic hydroxyl groups excluding tert-OH is 1. The van der Waals surface area contributed by atoms with Gasteiger partial charge in [0.1, 0.15) is 6.26 Å². The zero-order chi connectivity index (χ0) is 12.2. The minimum Gasteiger partial charge on any atom is -0.467 e. The summed E-state index contributed by atoms with van der Waals surface area (Å²) < 4.78 is 9.14. The lowest BCUT2D eigenvalue weighted by Gasteiger charge is -2.29. The van der Waals surface area contributed by atoms with E-state index in [4.69, 9.17) is 0 Å². The fourth-order valence-corrected chi connectivity index (χ4v) is 1.15. The van der Waals surface area contributed by atoms with E-state index < -0.39 is 17.6 Å². The van der Waals surface area contributed by atoms with E-state index >= 15 is 0 Å². The van der Waals surface area contributed by atoms with E-state index in [0.717, 1.165) is 0 Å². The zero-order valence-corrected chi connectivity index (χ0v) is 9.56. The van der Waals surface area contributed by atoms with Gasteiger partial charge in [0, 0.05) is 18.2 Å². The number of methoxy groups -OCH3 is 1. The van der Waals surface area contributed by atoms with Crippen LogP contribution in [0.4, 0.5) is 0 Å². The minimum atomic E-state index is -1.23. The van der Waals surface area contributed by atoms with Crippen LogP contribution in [0.1, 0.15) is 19.5 Å². The maximum absolute atomic E-state index is 11.2. The van der Waals surface area contributed by atoms with Gasteiger partial charge in [-0.1, -0.05) is 5.16 Å². The van der Waals surface area contributed by atoms with Crippen molar-refractivity contribution in [2.75, 3.05) is 7.11 Å². The van der Waals surface area contributed by atoms with Crippen LogP contribution in [0.3, 0.4) is 0 Å². The molecule has 1 atom stereocenters. The number of aliphatic hydroxyl groups is 1. The van der Waals surface area contributed by atoms with Gasteiger partial charge in [-0.3, -0.25) is 0 Å². The van der Waals surface area contributed by atoms with Gasteiger partial charge in [0.05, 0.1) is 12.8 Å². The molecule has 1 heterocycles. The second kappa shape index (κ2) is 5.09. The van der Waals surface area contributed by atoms with Crippen LogP contribution < -0.4 is 5.32 Å². The molecule has 0 spiro atoms. The summed E-state index contributed by atoms with van der Waals surface area (Å²) in [6.07, 6.45) is 0.227. The van der Waals surface area contributed by atoms with Crippen LogP contribution in [0, 0.1) is 0 Å². The SMILES string of the molecule is COC(=O)C(O)C(C)(C)NCc1ccon1. The first-order chi connectivity index (χ1) is 7.47. The summed E-state index contributed by atoms with van der Waals surface area (Å²) in [7, 11) is 1.24. The Morgan fingerprint density at radius 3 is 2.94 bits per heavy atom. The molecule has 0 bridgehead atoms. The Hall–Kier alpha value is -1.40. The highest BCUT2D eigenvalue weighted by atomic mass is 16.5. The average molecular weight is 228 g/mol. The van der Waals surface area contributed by atoms with E-state index in [9.17, 15) is 9.90 Å².